The zero-order chi connectivity index (χ0) is 23.0. The molecule has 0 aliphatic carbocycles. The summed E-state index contributed by atoms with van der Waals surface area (Å²) in [7, 11) is 0. The number of nitrogens with zero attached hydrogens (tertiary/aromatic N) is 4. The molecular weight excluding hydrogens is 410 g/mol. The van der Waals surface area contributed by atoms with E-state index in [4.69, 9.17) is 0 Å². The van der Waals surface area contributed by atoms with Crippen molar-refractivity contribution >= 4 is 17.5 Å². The lowest BCUT2D eigenvalue weighted by Gasteiger charge is -2.37. The lowest BCUT2D eigenvalue weighted by Crippen LogP contribution is -2.44. The van der Waals surface area contributed by atoms with Crippen molar-refractivity contribution in [2.24, 2.45) is 4.99 Å². The summed E-state index contributed by atoms with van der Waals surface area (Å²) < 4.78 is 0. The number of nitriles is 2. The number of aryl methyl sites for hydroxylation is 2. The summed E-state index contributed by atoms with van der Waals surface area (Å²) in [6, 6.07) is 17.5. The Balaban J connectivity index is 1.70. The van der Waals surface area contributed by atoms with Gasteiger partial charge in [0.15, 0.2) is 17.1 Å². The van der Waals surface area contributed by atoms with Gasteiger partial charge in [-0.25, -0.2) is 4.99 Å². The highest BCUT2D eigenvalue weighted by Crippen LogP contribution is 2.38. The first-order valence-electron chi connectivity index (χ1n) is 11.3. The molecule has 2 aromatic rings. The van der Waals surface area contributed by atoms with E-state index < -0.39 is 5.72 Å². The molecule has 0 saturated carbocycles. The largest absolute Gasteiger partial charge is 0.371 e. The van der Waals surface area contributed by atoms with E-state index in [1.54, 1.807) is 19.1 Å². The molecule has 0 saturated heterocycles. The highest BCUT2D eigenvalue weighted by molar-refractivity contribution is 6.05. The normalized spacial score (nSPS) is 23.1. The maximum Gasteiger partial charge on any atom is 0.191 e. The summed E-state index contributed by atoms with van der Waals surface area (Å²) in [5, 5.41) is 34.2. The Morgan fingerprint density at radius 1 is 1.06 bits per heavy atom. The molecule has 164 valence electrons. The van der Waals surface area contributed by atoms with Crippen molar-refractivity contribution in [1.29, 1.82) is 10.5 Å². The van der Waals surface area contributed by atoms with Crippen LogP contribution in [0.15, 0.2) is 64.4 Å². The van der Waals surface area contributed by atoms with E-state index in [0.717, 1.165) is 44.3 Å². The van der Waals surface area contributed by atoms with Gasteiger partial charge in [-0.2, -0.15) is 10.5 Å². The topological polar surface area (TPSA) is 95.4 Å². The number of aliphatic hydroxyl groups is 1. The fourth-order valence-corrected chi connectivity index (χ4v) is 5.21. The van der Waals surface area contributed by atoms with E-state index in [-0.39, 0.29) is 11.4 Å². The van der Waals surface area contributed by atoms with E-state index in [0.29, 0.717) is 16.8 Å². The molecule has 2 aromatic carbocycles. The minimum Gasteiger partial charge on any atom is -0.371 e. The smallest absolute Gasteiger partial charge is 0.191 e. The van der Waals surface area contributed by atoms with E-state index >= 15 is 0 Å². The van der Waals surface area contributed by atoms with Crippen LogP contribution in [-0.4, -0.2) is 23.9 Å². The van der Waals surface area contributed by atoms with E-state index in [1.807, 2.05) is 36.4 Å². The third-order valence-corrected chi connectivity index (χ3v) is 6.68. The minimum absolute atomic E-state index is 0.0380. The molecule has 0 bridgehead atoms. The third-order valence-electron chi connectivity index (χ3n) is 6.68. The van der Waals surface area contributed by atoms with Crippen LogP contribution in [0.3, 0.4) is 0 Å². The maximum atomic E-state index is 12.0. The van der Waals surface area contributed by atoms with Crippen LogP contribution in [-0.2, 0) is 18.6 Å². The second kappa shape index (κ2) is 8.24. The first-order valence-corrected chi connectivity index (χ1v) is 11.3. The fourth-order valence-electron chi connectivity index (χ4n) is 5.21. The van der Waals surface area contributed by atoms with Crippen molar-refractivity contribution in [3.05, 3.63) is 81.7 Å². The zero-order valence-corrected chi connectivity index (χ0v) is 18.6. The summed E-state index contributed by atoms with van der Waals surface area (Å²) in [6.45, 7) is 4.00. The van der Waals surface area contributed by atoms with Crippen LogP contribution >= 0.6 is 0 Å². The second-order valence-electron chi connectivity index (χ2n) is 8.79. The van der Waals surface area contributed by atoms with Crippen LogP contribution < -0.4 is 10.2 Å². The molecule has 6 heteroatoms. The SMILES string of the molecule is CC1=NC(C#N)=C(C#N)NC(O)(c2ccccc2)/C1=C/c1cc2c3c(c1)CCCN3CCC2. The molecule has 0 radical (unpaired) electrons. The van der Waals surface area contributed by atoms with Crippen molar-refractivity contribution in [2.45, 2.75) is 38.3 Å². The summed E-state index contributed by atoms with van der Waals surface area (Å²) in [4.78, 5) is 6.91. The highest BCUT2D eigenvalue weighted by Gasteiger charge is 2.39. The van der Waals surface area contributed by atoms with Gasteiger partial charge in [-0.15, -0.1) is 0 Å². The van der Waals surface area contributed by atoms with Gasteiger partial charge in [-0.05, 0) is 67.5 Å². The summed E-state index contributed by atoms with van der Waals surface area (Å²) in [6.07, 6.45) is 6.32. The molecule has 1 atom stereocenters. The molecule has 3 aliphatic heterocycles. The minimum atomic E-state index is -1.71. The highest BCUT2D eigenvalue weighted by atomic mass is 16.3. The Labute approximate surface area is 193 Å². The Morgan fingerprint density at radius 2 is 1.73 bits per heavy atom. The molecule has 5 rings (SSSR count). The van der Waals surface area contributed by atoms with Gasteiger partial charge in [0.05, 0.1) is 0 Å². The lowest BCUT2D eigenvalue weighted by molar-refractivity contribution is 0.0585. The van der Waals surface area contributed by atoms with Crippen molar-refractivity contribution < 1.29 is 5.11 Å². The van der Waals surface area contributed by atoms with Crippen LogP contribution in [0.5, 0.6) is 0 Å². The van der Waals surface area contributed by atoms with Crippen LogP contribution in [0.25, 0.3) is 6.08 Å². The Hall–Kier alpha value is -3.87. The summed E-state index contributed by atoms with van der Waals surface area (Å²) in [5.74, 6) is 0. The average Bonchev–Trinajstić information content (AvgIpc) is 2.95. The molecule has 0 aromatic heterocycles. The molecule has 1 unspecified atom stereocenters. The first-order chi connectivity index (χ1) is 16.0. The number of hydrogen-bond donors (Lipinski definition) is 2. The Bertz CT molecular complexity index is 1260. The number of benzene rings is 2. The van der Waals surface area contributed by atoms with E-state index in [9.17, 15) is 15.6 Å². The molecule has 0 fully saturated rings. The molecule has 6 nitrogen and oxygen atoms in total. The molecule has 33 heavy (non-hydrogen) atoms. The number of allylic oxidation sites excluding steroid dienone is 2. The number of rotatable bonds is 2. The Kier molecular flexibility index (Phi) is 5.24. The monoisotopic (exact) mass is 435 g/mol. The molecule has 0 spiro atoms. The maximum absolute atomic E-state index is 12.0. The number of hydrogen-bond acceptors (Lipinski definition) is 6. The van der Waals surface area contributed by atoms with Crippen molar-refractivity contribution in [3.63, 3.8) is 0 Å². The summed E-state index contributed by atoms with van der Waals surface area (Å²) >= 11 is 0. The predicted molar refractivity (Wildman–Crippen MR) is 128 cm³/mol. The first kappa shape index (κ1) is 21.0. The quantitative estimate of drug-likeness (QED) is 0.745. The van der Waals surface area contributed by atoms with Gasteiger partial charge in [0.2, 0.25) is 0 Å². The van der Waals surface area contributed by atoms with Gasteiger partial charge in [0.25, 0.3) is 0 Å². The van der Waals surface area contributed by atoms with Gasteiger partial charge in [0, 0.05) is 35.6 Å². The number of nitrogens with one attached hydrogen (secondary N) is 1. The molecule has 0 amide bonds. The van der Waals surface area contributed by atoms with Crippen LogP contribution in [0.2, 0.25) is 0 Å². The number of aliphatic imine (C=N–C) groups is 1. The van der Waals surface area contributed by atoms with Gasteiger partial charge in [-0.1, -0.05) is 30.3 Å². The van der Waals surface area contributed by atoms with Gasteiger partial charge >= 0.3 is 0 Å². The average molecular weight is 436 g/mol. The van der Waals surface area contributed by atoms with Gasteiger partial charge in [0.1, 0.15) is 12.1 Å². The molecule has 3 heterocycles. The van der Waals surface area contributed by atoms with Crippen molar-refractivity contribution in [1.82, 2.24) is 5.32 Å². The van der Waals surface area contributed by atoms with Gasteiger partial charge < -0.3 is 15.3 Å². The summed E-state index contributed by atoms with van der Waals surface area (Å²) in [5.41, 5.74) is 4.85. The van der Waals surface area contributed by atoms with Crippen LogP contribution in [0.1, 0.15) is 42.0 Å². The standard InChI is InChI=1S/C27H25N5O/c1-18-23(15-19-13-20-7-5-11-32-12-6-8-21(14-19)26(20)32)27(33,22-9-3-2-4-10-22)31-25(17-29)24(16-28)30-18/h2-4,9-10,13-15,31,33H,5-8,11-12H2,1H3/b23-15+. The second-order valence-corrected chi connectivity index (χ2v) is 8.79. The van der Waals surface area contributed by atoms with Crippen molar-refractivity contribution in [2.75, 3.05) is 18.0 Å². The van der Waals surface area contributed by atoms with Gasteiger partial charge in [-0.3, -0.25) is 0 Å². The third kappa shape index (κ3) is 3.59. The Morgan fingerprint density at radius 3 is 2.33 bits per heavy atom. The molecular formula is C27H25N5O. The van der Waals surface area contributed by atoms with Crippen molar-refractivity contribution in [3.8, 4) is 12.1 Å². The van der Waals surface area contributed by atoms with Crippen LogP contribution in [0, 0.1) is 22.7 Å². The predicted octanol–water partition coefficient (Wildman–Crippen LogP) is 3.94. The zero-order valence-electron chi connectivity index (χ0n) is 18.6. The van der Waals surface area contributed by atoms with E-state index in [2.05, 4.69) is 27.3 Å². The number of anilines is 1. The van der Waals surface area contributed by atoms with E-state index in [1.165, 1.54) is 16.8 Å². The fraction of sp³-hybridized carbons (Fsp3) is 0.296. The molecule has 3 aliphatic rings. The van der Waals surface area contributed by atoms with Crippen LogP contribution in [0.4, 0.5) is 5.69 Å². The lowest BCUT2D eigenvalue weighted by atomic mass is 9.86. The molecule has 2 N–H and O–H groups in total.